The number of benzene rings is 2. The van der Waals surface area contributed by atoms with Crippen molar-refractivity contribution in [2.24, 2.45) is 0 Å². The molecule has 0 aliphatic carbocycles. The molecule has 7 nitrogen and oxygen atoms in total. The largest absolute Gasteiger partial charge is 0.493 e. The fourth-order valence-electron chi connectivity index (χ4n) is 3.10. The van der Waals surface area contributed by atoms with Crippen molar-refractivity contribution >= 4 is 11.6 Å². The number of nitrogens with one attached hydrogen (secondary N) is 1. The van der Waals surface area contributed by atoms with Crippen molar-refractivity contribution in [1.82, 2.24) is 14.8 Å². The van der Waals surface area contributed by atoms with E-state index in [1.54, 1.807) is 59.5 Å². The van der Waals surface area contributed by atoms with E-state index >= 15 is 0 Å². The third-order valence-electron chi connectivity index (χ3n) is 4.61. The molecule has 8 heteroatoms. The second-order valence-electron chi connectivity index (χ2n) is 6.57. The molecule has 0 unspecified atom stereocenters. The Morgan fingerprint density at radius 2 is 1.77 bits per heavy atom. The summed E-state index contributed by atoms with van der Waals surface area (Å²) in [7, 11) is 3.06. The van der Waals surface area contributed by atoms with Crippen LogP contribution in [0.3, 0.4) is 0 Å². The molecule has 2 aromatic carbocycles. The minimum atomic E-state index is -0.404. The number of carbonyl (C=O) groups excluding carboxylic acids is 1. The number of carbonyl (C=O) groups is 1. The summed E-state index contributed by atoms with van der Waals surface area (Å²) in [5.74, 6) is 0.289. The first kappa shape index (κ1) is 20.1. The van der Waals surface area contributed by atoms with Crippen LogP contribution in [-0.4, -0.2) is 34.9 Å². The summed E-state index contributed by atoms with van der Waals surface area (Å²) in [6, 6.07) is 16.3. The molecule has 0 aliphatic rings. The SMILES string of the molecule is COc1ccc(NC(=O)c2cc(-c3cccnc3)n(-c3ccc(F)cc3)n2)cc1OC. The summed E-state index contributed by atoms with van der Waals surface area (Å²) in [6.45, 7) is 0. The third-order valence-corrected chi connectivity index (χ3v) is 4.61. The number of aromatic nitrogens is 3. The van der Waals surface area contributed by atoms with Gasteiger partial charge in [-0.1, -0.05) is 0 Å². The van der Waals surface area contributed by atoms with E-state index in [1.165, 1.54) is 26.4 Å². The summed E-state index contributed by atoms with van der Waals surface area (Å²) in [4.78, 5) is 17.1. The number of pyridine rings is 1. The highest BCUT2D eigenvalue weighted by molar-refractivity contribution is 6.03. The zero-order valence-corrected chi connectivity index (χ0v) is 16.9. The van der Waals surface area contributed by atoms with Gasteiger partial charge < -0.3 is 14.8 Å². The number of ether oxygens (including phenoxy) is 2. The number of anilines is 1. The highest BCUT2D eigenvalue weighted by Gasteiger charge is 2.18. The molecule has 0 saturated carbocycles. The molecule has 0 spiro atoms. The second kappa shape index (κ2) is 8.66. The van der Waals surface area contributed by atoms with Crippen LogP contribution in [0.1, 0.15) is 10.5 Å². The van der Waals surface area contributed by atoms with E-state index in [1.807, 2.05) is 6.07 Å². The van der Waals surface area contributed by atoms with Gasteiger partial charge in [0.05, 0.1) is 25.6 Å². The van der Waals surface area contributed by atoms with Crippen LogP contribution in [0.2, 0.25) is 0 Å². The lowest BCUT2D eigenvalue weighted by atomic mass is 10.2. The van der Waals surface area contributed by atoms with Gasteiger partial charge in [-0.05, 0) is 54.6 Å². The summed E-state index contributed by atoms with van der Waals surface area (Å²) in [5.41, 5.74) is 2.76. The second-order valence-corrected chi connectivity index (χ2v) is 6.57. The lowest BCUT2D eigenvalue weighted by Gasteiger charge is -2.10. The quantitative estimate of drug-likeness (QED) is 0.504. The molecular weight excluding hydrogens is 399 g/mol. The first-order valence-electron chi connectivity index (χ1n) is 9.39. The smallest absolute Gasteiger partial charge is 0.276 e. The molecular formula is C23H19FN4O3. The molecule has 4 rings (SSSR count). The van der Waals surface area contributed by atoms with Crippen LogP contribution >= 0.6 is 0 Å². The Morgan fingerprint density at radius 3 is 2.45 bits per heavy atom. The first-order valence-corrected chi connectivity index (χ1v) is 9.39. The molecule has 2 aromatic heterocycles. The van der Waals surface area contributed by atoms with Crippen molar-refractivity contribution in [3.8, 4) is 28.4 Å². The Morgan fingerprint density at radius 1 is 1.00 bits per heavy atom. The van der Waals surface area contributed by atoms with E-state index in [-0.39, 0.29) is 11.5 Å². The summed E-state index contributed by atoms with van der Waals surface area (Å²) >= 11 is 0. The minimum absolute atomic E-state index is 0.193. The molecule has 0 radical (unpaired) electrons. The predicted octanol–water partition coefficient (Wildman–Crippen LogP) is 4.34. The highest BCUT2D eigenvalue weighted by atomic mass is 19.1. The molecule has 0 fully saturated rings. The molecule has 0 atom stereocenters. The van der Waals surface area contributed by atoms with Crippen LogP contribution in [0.4, 0.5) is 10.1 Å². The van der Waals surface area contributed by atoms with Gasteiger partial charge in [-0.15, -0.1) is 0 Å². The van der Waals surface area contributed by atoms with Crippen molar-refractivity contribution in [1.29, 1.82) is 0 Å². The van der Waals surface area contributed by atoms with E-state index in [0.717, 1.165) is 5.56 Å². The molecule has 156 valence electrons. The van der Waals surface area contributed by atoms with Gasteiger partial charge >= 0.3 is 0 Å². The van der Waals surface area contributed by atoms with Crippen LogP contribution in [0.15, 0.2) is 73.1 Å². The zero-order valence-electron chi connectivity index (χ0n) is 16.9. The van der Waals surface area contributed by atoms with Gasteiger partial charge in [0.25, 0.3) is 5.91 Å². The normalized spacial score (nSPS) is 10.5. The maximum atomic E-state index is 13.4. The Hall–Kier alpha value is -4.20. The molecule has 31 heavy (non-hydrogen) atoms. The van der Waals surface area contributed by atoms with E-state index in [9.17, 15) is 9.18 Å². The van der Waals surface area contributed by atoms with Gasteiger partial charge in [-0.3, -0.25) is 9.78 Å². The topological polar surface area (TPSA) is 78.3 Å². The Balaban J connectivity index is 1.70. The Labute approximate surface area is 178 Å². The van der Waals surface area contributed by atoms with Gasteiger partial charge in [0.15, 0.2) is 17.2 Å². The summed E-state index contributed by atoms with van der Waals surface area (Å²) in [6.07, 6.45) is 3.33. The average molecular weight is 418 g/mol. The van der Waals surface area contributed by atoms with Gasteiger partial charge in [0.2, 0.25) is 0 Å². The van der Waals surface area contributed by atoms with Crippen molar-refractivity contribution < 1.29 is 18.7 Å². The molecule has 1 N–H and O–H groups in total. The lowest BCUT2D eigenvalue weighted by molar-refractivity contribution is 0.102. The molecule has 0 saturated heterocycles. The third kappa shape index (κ3) is 4.23. The minimum Gasteiger partial charge on any atom is -0.493 e. The number of amides is 1. The fourth-order valence-corrected chi connectivity index (χ4v) is 3.10. The van der Waals surface area contributed by atoms with Gasteiger partial charge in [-0.2, -0.15) is 5.10 Å². The molecule has 0 aliphatic heterocycles. The summed E-state index contributed by atoms with van der Waals surface area (Å²) < 4.78 is 25.5. The van der Waals surface area contributed by atoms with Crippen LogP contribution in [-0.2, 0) is 0 Å². The standard InChI is InChI=1S/C23H19FN4O3/c1-30-21-10-7-17(12-22(21)31-2)26-23(29)19-13-20(15-4-3-11-25-14-15)28(27-19)18-8-5-16(24)6-9-18/h3-14H,1-2H3,(H,26,29). The Bertz CT molecular complexity index is 1210. The molecule has 1 amide bonds. The number of rotatable bonds is 6. The number of halogens is 1. The number of hydrogen-bond acceptors (Lipinski definition) is 5. The monoisotopic (exact) mass is 418 g/mol. The fraction of sp³-hybridized carbons (Fsp3) is 0.0870. The molecule has 4 aromatic rings. The van der Waals surface area contributed by atoms with Crippen molar-refractivity contribution in [3.05, 3.63) is 84.6 Å². The zero-order chi connectivity index (χ0) is 21.8. The molecule has 0 bridgehead atoms. The van der Waals surface area contributed by atoms with Crippen molar-refractivity contribution in [2.75, 3.05) is 19.5 Å². The van der Waals surface area contributed by atoms with Crippen LogP contribution < -0.4 is 14.8 Å². The highest BCUT2D eigenvalue weighted by Crippen LogP contribution is 2.30. The van der Waals surface area contributed by atoms with E-state index in [2.05, 4.69) is 15.4 Å². The average Bonchev–Trinajstić information content (AvgIpc) is 3.26. The van der Waals surface area contributed by atoms with Gasteiger partial charge in [0.1, 0.15) is 5.82 Å². The lowest BCUT2D eigenvalue weighted by Crippen LogP contribution is -2.13. The maximum Gasteiger partial charge on any atom is 0.276 e. The maximum absolute atomic E-state index is 13.4. The number of hydrogen-bond donors (Lipinski definition) is 1. The predicted molar refractivity (Wildman–Crippen MR) is 114 cm³/mol. The van der Waals surface area contributed by atoms with Crippen LogP contribution in [0, 0.1) is 5.82 Å². The number of nitrogens with zero attached hydrogens (tertiary/aromatic N) is 3. The van der Waals surface area contributed by atoms with E-state index < -0.39 is 5.91 Å². The van der Waals surface area contributed by atoms with Crippen LogP contribution in [0.5, 0.6) is 11.5 Å². The first-order chi connectivity index (χ1) is 15.1. The molecule has 2 heterocycles. The van der Waals surface area contributed by atoms with Gasteiger partial charge in [0, 0.05) is 29.7 Å². The summed E-state index contributed by atoms with van der Waals surface area (Å²) in [5, 5.41) is 7.27. The van der Waals surface area contributed by atoms with Crippen molar-refractivity contribution in [3.63, 3.8) is 0 Å². The Kier molecular flexibility index (Phi) is 5.61. The number of methoxy groups -OCH3 is 2. The van der Waals surface area contributed by atoms with Gasteiger partial charge in [-0.25, -0.2) is 9.07 Å². The van der Waals surface area contributed by atoms with E-state index in [4.69, 9.17) is 9.47 Å². The van der Waals surface area contributed by atoms with Crippen LogP contribution in [0.25, 0.3) is 16.9 Å². The van der Waals surface area contributed by atoms with E-state index in [0.29, 0.717) is 28.6 Å². The van der Waals surface area contributed by atoms with Crippen molar-refractivity contribution in [2.45, 2.75) is 0 Å².